The molecule has 10 heteroatoms. The zero-order valence-corrected chi connectivity index (χ0v) is 13.0. The molecule has 7 nitrogen and oxygen atoms in total. The van der Waals surface area contributed by atoms with Gasteiger partial charge in [0.15, 0.2) is 0 Å². The summed E-state index contributed by atoms with van der Waals surface area (Å²) in [4.78, 5) is 33.5. The maximum Gasteiger partial charge on any atom is 0.416 e. The van der Waals surface area contributed by atoms with Crippen LogP contribution >= 0.6 is 0 Å². The van der Waals surface area contributed by atoms with E-state index >= 15 is 0 Å². The number of halogens is 3. The van der Waals surface area contributed by atoms with Crippen molar-refractivity contribution in [2.75, 3.05) is 11.9 Å². The van der Waals surface area contributed by atoms with Gasteiger partial charge in [-0.05, 0) is 30.3 Å². The van der Waals surface area contributed by atoms with Crippen molar-refractivity contribution in [1.29, 1.82) is 0 Å². The van der Waals surface area contributed by atoms with Crippen molar-refractivity contribution >= 4 is 23.2 Å². The zero-order chi connectivity index (χ0) is 19.3. The van der Waals surface area contributed by atoms with Crippen LogP contribution in [0.2, 0.25) is 0 Å². The van der Waals surface area contributed by atoms with E-state index in [0.717, 1.165) is 30.3 Å². The van der Waals surface area contributed by atoms with Crippen molar-refractivity contribution < 1.29 is 27.7 Å². The number of carbonyl (C=O) groups excluding carboxylic acids is 2. The third-order valence-corrected chi connectivity index (χ3v) is 3.22. The van der Waals surface area contributed by atoms with Crippen LogP contribution in [0, 0.1) is 10.1 Å². The average Bonchev–Trinajstić information content (AvgIpc) is 2.59. The molecule has 0 aliphatic rings. The minimum atomic E-state index is -4.54. The Bertz CT molecular complexity index is 835. The Kier molecular flexibility index (Phi) is 5.55. The van der Waals surface area contributed by atoms with Crippen LogP contribution in [0.4, 0.5) is 24.5 Å². The fourth-order valence-electron chi connectivity index (χ4n) is 1.98. The van der Waals surface area contributed by atoms with E-state index in [4.69, 9.17) is 0 Å². The van der Waals surface area contributed by atoms with E-state index in [2.05, 4.69) is 10.6 Å². The Morgan fingerprint density at radius 1 is 1.08 bits per heavy atom. The Morgan fingerprint density at radius 3 is 2.31 bits per heavy atom. The highest BCUT2D eigenvalue weighted by Gasteiger charge is 2.30. The van der Waals surface area contributed by atoms with E-state index in [1.54, 1.807) is 0 Å². The molecule has 0 heterocycles. The highest BCUT2D eigenvalue weighted by molar-refractivity contribution is 5.99. The van der Waals surface area contributed by atoms with E-state index in [1.807, 2.05) is 0 Å². The lowest BCUT2D eigenvalue weighted by atomic mass is 10.2. The van der Waals surface area contributed by atoms with Crippen LogP contribution in [0.15, 0.2) is 48.5 Å². The van der Waals surface area contributed by atoms with Crippen LogP contribution in [-0.4, -0.2) is 23.3 Å². The summed E-state index contributed by atoms with van der Waals surface area (Å²) in [7, 11) is 0. The van der Waals surface area contributed by atoms with E-state index in [0.29, 0.717) is 0 Å². The van der Waals surface area contributed by atoms with Crippen molar-refractivity contribution in [1.82, 2.24) is 5.32 Å². The normalized spacial score (nSPS) is 10.9. The highest BCUT2D eigenvalue weighted by Crippen LogP contribution is 2.30. The molecule has 0 aliphatic carbocycles. The minimum Gasteiger partial charge on any atom is -0.343 e. The van der Waals surface area contributed by atoms with Crippen molar-refractivity contribution in [3.8, 4) is 0 Å². The summed E-state index contributed by atoms with van der Waals surface area (Å²) in [5.74, 6) is -1.38. The summed E-state index contributed by atoms with van der Waals surface area (Å²) in [6.45, 7) is -0.480. The van der Waals surface area contributed by atoms with Crippen molar-refractivity contribution in [2.24, 2.45) is 0 Å². The van der Waals surface area contributed by atoms with Gasteiger partial charge in [0.05, 0.1) is 17.0 Å². The molecular weight excluding hydrogens is 355 g/mol. The molecule has 2 rings (SSSR count). The number of carbonyl (C=O) groups is 2. The number of nitrogens with zero attached hydrogens (tertiary/aromatic N) is 1. The third-order valence-electron chi connectivity index (χ3n) is 3.22. The summed E-state index contributed by atoms with van der Waals surface area (Å²) < 4.78 is 37.8. The van der Waals surface area contributed by atoms with Crippen molar-refractivity contribution in [3.63, 3.8) is 0 Å². The largest absolute Gasteiger partial charge is 0.416 e. The fourth-order valence-corrected chi connectivity index (χ4v) is 1.98. The summed E-state index contributed by atoms with van der Waals surface area (Å²) in [6, 6.07) is 8.78. The number of amides is 2. The first-order valence-electron chi connectivity index (χ1n) is 7.16. The molecule has 0 fully saturated rings. The smallest absolute Gasteiger partial charge is 0.343 e. The van der Waals surface area contributed by atoms with Gasteiger partial charge in [0.25, 0.3) is 11.6 Å². The van der Waals surface area contributed by atoms with Crippen molar-refractivity contribution in [3.05, 3.63) is 69.8 Å². The molecule has 0 aromatic heterocycles. The topological polar surface area (TPSA) is 101 Å². The van der Waals surface area contributed by atoms with Gasteiger partial charge < -0.3 is 10.6 Å². The van der Waals surface area contributed by atoms with Gasteiger partial charge in [-0.25, -0.2) is 0 Å². The van der Waals surface area contributed by atoms with E-state index in [-0.39, 0.29) is 16.9 Å². The molecule has 0 bridgehead atoms. The Labute approximate surface area is 145 Å². The number of rotatable bonds is 5. The fraction of sp³-hybridized carbons (Fsp3) is 0.125. The number of nitro groups is 1. The van der Waals surface area contributed by atoms with Gasteiger partial charge in [-0.15, -0.1) is 0 Å². The molecule has 2 amide bonds. The number of hydrogen-bond donors (Lipinski definition) is 2. The van der Waals surface area contributed by atoms with Crippen LogP contribution in [-0.2, 0) is 11.0 Å². The SMILES string of the molecule is O=C(CNC(=O)c1ccc([N+](=O)[O-])cc1)Nc1cccc(C(F)(F)F)c1. The third kappa shape index (κ3) is 5.03. The number of alkyl halides is 3. The molecule has 26 heavy (non-hydrogen) atoms. The standard InChI is InChI=1S/C16H12F3N3O4/c17-16(18,19)11-2-1-3-12(8-11)21-14(23)9-20-15(24)10-4-6-13(7-5-10)22(25)26/h1-8H,9H2,(H,20,24)(H,21,23). The number of hydrogen-bond acceptors (Lipinski definition) is 4. The predicted octanol–water partition coefficient (Wildman–Crippen LogP) is 2.98. The zero-order valence-electron chi connectivity index (χ0n) is 13.0. The molecule has 136 valence electrons. The predicted molar refractivity (Wildman–Crippen MR) is 85.5 cm³/mol. The van der Waals surface area contributed by atoms with E-state index in [1.165, 1.54) is 18.2 Å². The lowest BCUT2D eigenvalue weighted by Crippen LogP contribution is -2.32. The first kappa shape index (κ1) is 18.9. The van der Waals surface area contributed by atoms with Gasteiger partial charge in [0.2, 0.25) is 5.91 Å². The molecule has 2 aromatic rings. The summed E-state index contributed by atoms with van der Waals surface area (Å²) in [6.07, 6.45) is -4.54. The second-order valence-corrected chi connectivity index (χ2v) is 5.11. The first-order valence-corrected chi connectivity index (χ1v) is 7.16. The van der Waals surface area contributed by atoms with Gasteiger partial charge in [-0.1, -0.05) is 6.07 Å². The van der Waals surface area contributed by atoms with Crippen LogP contribution in [0.3, 0.4) is 0 Å². The monoisotopic (exact) mass is 367 g/mol. The molecule has 0 radical (unpaired) electrons. The second kappa shape index (κ2) is 7.64. The minimum absolute atomic E-state index is 0.0607. The molecule has 0 aliphatic heterocycles. The van der Waals surface area contributed by atoms with Crippen LogP contribution in [0.5, 0.6) is 0 Å². The Hall–Kier alpha value is -3.43. The molecule has 0 atom stereocenters. The number of non-ortho nitro benzene ring substituents is 1. The highest BCUT2D eigenvalue weighted by atomic mass is 19.4. The Morgan fingerprint density at radius 2 is 1.73 bits per heavy atom. The van der Waals surface area contributed by atoms with Gasteiger partial charge in [0.1, 0.15) is 0 Å². The average molecular weight is 367 g/mol. The first-order chi connectivity index (χ1) is 12.2. The maximum atomic E-state index is 12.6. The maximum absolute atomic E-state index is 12.6. The van der Waals surface area contributed by atoms with Crippen LogP contribution < -0.4 is 10.6 Å². The molecular formula is C16H12F3N3O4. The molecule has 0 saturated carbocycles. The molecule has 2 aromatic carbocycles. The number of nitrogens with one attached hydrogen (secondary N) is 2. The Balaban J connectivity index is 1.92. The quantitative estimate of drug-likeness (QED) is 0.627. The van der Waals surface area contributed by atoms with Crippen molar-refractivity contribution in [2.45, 2.75) is 6.18 Å². The second-order valence-electron chi connectivity index (χ2n) is 5.11. The number of anilines is 1. The lowest BCUT2D eigenvalue weighted by Gasteiger charge is -2.10. The molecule has 2 N–H and O–H groups in total. The molecule has 0 unspecified atom stereocenters. The lowest BCUT2D eigenvalue weighted by molar-refractivity contribution is -0.384. The molecule has 0 saturated heterocycles. The van der Waals surface area contributed by atoms with Crippen LogP contribution in [0.1, 0.15) is 15.9 Å². The number of benzene rings is 2. The van der Waals surface area contributed by atoms with Gasteiger partial charge in [-0.3, -0.25) is 19.7 Å². The van der Waals surface area contributed by atoms with Crippen LogP contribution in [0.25, 0.3) is 0 Å². The number of nitro benzene ring substituents is 1. The summed E-state index contributed by atoms with van der Waals surface area (Å²) in [5.41, 5.74) is -1.06. The van der Waals surface area contributed by atoms with Gasteiger partial charge in [-0.2, -0.15) is 13.2 Å². The summed E-state index contributed by atoms with van der Waals surface area (Å²) >= 11 is 0. The van der Waals surface area contributed by atoms with E-state index in [9.17, 15) is 32.9 Å². The van der Waals surface area contributed by atoms with E-state index < -0.39 is 35.0 Å². The van der Waals surface area contributed by atoms with Gasteiger partial charge >= 0.3 is 6.18 Å². The summed E-state index contributed by atoms with van der Waals surface area (Å²) in [5, 5.41) is 15.1. The molecule has 0 spiro atoms. The van der Waals surface area contributed by atoms with Gasteiger partial charge in [0, 0.05) is 23.4 Å².